The van der Waals surface area contributed by atoms with Gasteiger partial charge in [-0.25, -0.2) is 8.42 Å². The highest BCUT2D eigenvalue weighted by Crippen LogP contribution is 2.45. The van der Waals surface area contributed by atoms with Crippen molar-refractivity contribution in [3.8, 4) is 0 Å². The van der Waals surface area contributed by atoms with Crippen LogP contribution in [-0.4, -0.2) is 42.8 Å². The summed E-state index contributed by atoms with van der Waals surface area (Å²) in [5.41, 5.74) is 13.9. The Labute approximate surface area is 197 Å². The molecular formula is C24H24N4O5S. The molecule has 1 heterocycles. The van der Waals surface area contributed by atoms with Gasteiger partial charge in [0.25, 0.3) is 10.0 Å². The molecule has 1 amide bonds. The Balaban J connectivity index is 1.90. The van der Waals surface area contributed by atoms with Gasteiger partial charge in [0.2, 0.25) is 17.5 Å². The maximum absolute atomic E-state index is 13.7. The number of anilines is 2. The van der Waals surface area contributed by atoms with Gasteiger partial charge in [0.1, 0.15) is 0 Å². The van der Waals surface area contributed by atoms with Gasteiger partial charge >= 0.3 is 0 Å². The summed E-state index contributed by atoms with van der Waals surface area (Å²) >= 11 is 0. The number of nitrogens with zero attached hydrogens (tertiary/aromatic N) is 1. The van der Waals surface area contributed by atoms with Gasteiger partial charge in [0, 0.05) is 36.6 Å². The molecule has 2 atom stereocenters. The molecule has 34 heavy (non-hydrogen) atoms. The molecule has 2 unspecified atom stereocenters. The van der Waals surface area contributed by atoms with Crippen LogP contribution in [0.25, 0.3) is 5.57 Å². The van der Waals surface area contributed by atoms with E-state index in [1.54, 1.807) is 31.2 Å². The molecule has 4 rings (SSSR count). The van der Waals surface area contributed by atoms with Gasteiger partial charge in [-0.05, 0) is 60.0 Å². The highest BCUT2D eigenvalue weighted by molar-refractivity contribution is 7.89. The van der Waals surface area contributed by atoms with E-state index in [1.807, 2.05) is 0 Å². The fourth-order valence-corrected chi connectivity index (χ4v) is 5.88. The highest BCUT2D eigenvalue weighted by Gasteiger charge is 2.51. The number of hydrogen-bond donors (Lipinski definition) is 3. The number of benzene rings is 2. The number of fused-ring (bicyclic) bond motifs is 1. The van der Waals surface area contributed by atoms with Crippen molar-refractivity contribution in [1.82, 2.24) is 9.62 Å². The van der Waals surface area contributed by atoms with Crippen LogP contribution < -0.4 is 16.8 Å². The minimum absolute atomic E-state index is 0.00387. The topological polar surface area (TPSA) is 153 Å². The number of ketones is 2. The van der Waals surface area contributed by atoms with Gasteiger partial charge in [-0.1, -0.05) is 12.1 Å². The van der Waals surface area contributed by atoms with Crippen molar-refractivity contribution in [2.75, 3.05) is 18.0 Å². The number of sulfonamides is 1. The molecule has 0 aromatic heterocycles. The minimum Gasteiger partial charge on any atom is -0.399 e. The lowest BCUT2D eigenvalue weighted by Gasteiger charge is -2.34. The summed E-state index contributed by atoms with van der Waals surface area (Å²) in [6.45, 7) is 2.74. The number of carbonyl (C=O) groups is 3. The predicted octanol–water partition coefficient (Wildman–Crippen LogP) is 1.49. The molecule has 9 nitrogen and oxygen atoms in total. The standard InChI is InChI=1S/C24H24N4O5S/c1-13-19(11-27-14(2)29)23(30)24(31)21-20(15-3-5-16(25)6-4-15)12-28(22(13)21)34(32,33)18-9-7-17(26)8-10-18/h3-10,12,21-22H,11,25-26H2,1-2H3,(H,27,29). The van der Waals surface area contributed by atoms with Crippen LogP contribution in [0.3, 0.4) is 0 Å². The Bertz CT molecular complexity index is 1360. The second-order valence-electron chi connectivity index (χ2n) is 8.30. The number of amides is 1. The number of carbonyl (C=O) groups excluding carboxylic acids is 3. The smallest absolute Gasteiger partial charge is 0.264 e. The molecule has 0 saturated heterocycles. The van der Waals surface area contributed by atoms with Crippen LogP contribution >= 0.6 is 0 Å². The molecule has 2 aromatic rings. The SMILES string of the molecule is CC(=O)NCC1=C(C)C2C(C(=O)C1=O)C(c1ccc(N)cc1)=CN2S(=O)(=O)c1ccc(N)cc1. The molecule has 2 aliphatic rings. The van der Waals surface area contributed by atoms with Gasteiger partial charge in [-0.2, -0.15) is 0 Å². The number of hydrogen-bond acceptors (Lipinski definition) is 7. The van der Waals surface area contributed by atoms with Crippen LogP contribution in [0, 0.1) is 5.92 Å². The van der Waals surface area contributed by atoms with Gasteiger partial charge in [-0.3, -0.25) is 18.7 Å². The summed E-state index contributed by atoms with van der Waals surface area (Å²) in [6.07, 6.45) is 1.41. The largest absolute Gasteiger partial charge is 0.399 e. The zero-order valence-corrected chi connectivity index (χ0v) is 19.4. The Morgan fingerprint density at radius 2 is 1.56 bits per heavy atom. The lowest BCUT2D eigenvalue weighted by molar-refractivity contribution is -0.137. The molecule has 176 valence electrons. The van der Waals surface area contributed by atoms with Crippen LogP contribution in [0.15, 0.2) is 70.8 Å². The first kappa shape index (κ1) is 23.2. The second-order valence-corrected chi connectivity index (χ2v) is 10.1. The van der Waals surface area contributed by atoms with Gasteiger partial charge in [0.15, 0.2) is 0 Å². The maximum Gasteiger partial charge on any atom is 0.264 e. The Hall–Kier alpha value is -3.92. The predicted molar refractivity (Wildman–Crippen MR) is 127 cm³/mol. The van der Waals surface area contributed by atoms with Crippen molar-refractivity contribution in [1.29, 1.82) is 0 Å². The number of Topliss-reactive ketones (excluding diaryl/α,β-unsaturated/α-hetero) is 2. The normalized spacial score (nSPS) is 20.3. The number of nitrogens with one attached hydrogen (secondary N) is 1. The first-order valence-electron chi connectivity index (χ1n) is 10.5. The average Bonchev–Trinajstić information content (AvgIpc) is 3.20. The first-order chi connectivity index (χ1) is 16.0. The van der Waals surface area contributed by atoms with E-state index in [2.05, 4.69) is 5.32 Å². The van der Waals surface area contributed by atoms with Crippen molar-refractivity contribution >= 4 is 44.4 Å². The van der Waals surface area contributed by atoms with Crippen molar-refractivity contribution in [3.63, 3.8) is 0 Å². The molecule has 0 saturated carbocycles. The van der Waals surface area contributed by atoms with E-state index in [4.69, 9.17) is 11.5 Å². The van der Waals surface area contributed by atoms with E-state index >= 15 is 0 Å². The van der Waals surface area contributed by atoms with Crippen LogP contribution in [0.5, 0.6) is 0 Å². The molecule has 1 aliphatic heterocycles. The first-order valence-corrected chi connectivity index (χ1v) is 12.0. The third-order valence-corrected chi connectivity index (χ3v) is 7.86. The maximum atomic E-state index is 13.7. The van der Waals surface area contributed by atoms with Crippen molar-refractivity contribution in [3.05, 3.63) is 71.4 Å². The van der Waals surface area contributed by atoms with E-state index in [1.165, 1.54) is 37.4 Å². The van der Waals surface area contributed by atoms with Gasteiger partial charge < -0.3 is 16.8 Å². The number of nitrogen functional groups attached to an aromatic ring is 2. The molecule has 1 aliphatic carbocycles. The molecule has 0 radical (unpaired) electrons. The van der Waals surface area contributed by atoms with Crippen LogP contribution in [0.2, 0.25) is 0 Å². The molecular weight excluding hydrogens is 456 g/mol. The van der Waals surface area contributed by atoms with Crippen LogP contribution in [0.1, 0.15) is 19.4 Å². The molecule has 0 fully saturated rings. The molecule has 2 aromatic carbocycles. The minimum atomic E-state index is -4.11. The summed E-state index contributed by atoms with van der Waals surface area (Å²) in [5.74, 6) is -2.86. The van der Waals surface area contributed by atoms with E-state index in [0.717, 1.165) is 4.31 Å². The van der Waals surface area contributed by atoms with Crippen LogP contribution in [0.4, 0.5) is 11.4 Å². The van der Waals surface area contributed by atoms with E-state index in [-0.39, 0.29) is 22.9 Å². The van der Waals surface area contributed by atoms with Gasteiger partial charge in [-0.15, -0.1) is 0 Å². The molecule has 5 N–H and O–H groups in total. The van der Waals surface area contributed by atoms with Crippen LogP contribution in [-0.2, 0) is 24.4 Å². The monoisotopic (exact) mass is 480 g/mol. The Kier molecular flexibility index (Phi) is 5.78. The van der Waals surface area contributed by atoms with E-state index in [9.17, 15) is 22.8 Å². The highest BCUT2D eigenvalue weighted by atomic mass is 32.2. The van der Waals surface area contributed by atoms with E-state index < -0.39 is 33.5 Å². The fourth-order valence-electron chi connectivity index (χ4n) is 4.33. The molecule has 0 spiro atoms. The fraction of sp³-hybridized carbons (Fsp3) is 0.208. The number of nitrogens with two attached hydrogens (primary N) is 2. The third kappa shape index (κ3) is 3.86. The summed E-state index contributed by atoms with van der Waals surface area (Å²) in [5, 5.41) is 2.53. The Morgan fingerprint density at radius 1 is 1.00 bits per heavy atom. The summed E-state index contributed by atoms with van der Waals surface area (Å²) in [6, 6.07) is 11.4. The zero-order valence-electron chi connectivity index (χ0n) is 18.6. The van der Waals surface area contributed by atoms with Crippen molar-refractivity contribution in [2.45, 2.75) is 24.8 Å². The average molecular weight is 481 g/mol. The Morgan fingerprint density at radius 3 is 2.12 bits per heavy atom. The summed E-state index contributed by atoms with van der Waals surface area (Å²) < 4.78 is 28.5. The zero-order chi connectivity index (χ0) is 24.8. The van der Waals surface area contributed by atoms with Crippen molar-refractivity contribution < 1.29 is 22.8 Å². The molecule has 0 bridgehead atoms. The van der Waals surface area contributed by atoms with E-state index in [0.29, 0.717) is 28.1 Å². The number of rotatable bonds is 5. The summed E-state index contributed by atoms with van der Waals surface area (Å²) in [7, 11) is -4.11. The van der Waals surface area contributed by atoms with Crippen molar-refractivity contribution in [2.24, 2.45) is 5.92 Å². The lowest BCUT2D eigenvalue weighted by atomic mass is 9.75. The third-order valence-electron chi connectivity index (χ3n) is 6.10. The summed E-state index contributed by atoms with van der Waals surface area (Å²) in [4.78, 5) is 37.7. The van der Waals surface area contributed by atoms with Gasteiger partial charge in [0.05, 0.1) is 16.9 Å². The quantitative estimate of drug-likeness (QED) is 0.433. The molecule has 10 heteroatoms. The lowest BCUT2D eigenvalue weighted by Crippen LogP contribution is -2.48. The second kappa shape index (κ2) is 8.45.